The van der Waals surface area contributed by atoms with Crippen molar-refractivity contribution in [2.75, 3.05) is 14.2 Å². The van der Waals surface area contributed by atoms with E-state index in [-0.39, 0.29) is 23.7 Å². The molecule has 0 radical (unpaired) electrons. The molecule has 4 rings (SSSR count). The molecule has 0 aliphatic rings. The number of carbonyl (C=O) groups excluding carboxylic acids is 1. The fourth-order valence-corrected chi connectivity index (χ4v) is 2.87. The quantitative estimate of drug-likeness (QED) is 0.512. The molecule has 0 aromatic carbocycles. The average Bonchev–Trinajstić information content (AvgIpc) is 3.25. The molecule has 11 heteroatoms. The van der Waals surface area contributed by atoms with Crippen LogP contribution >= 0.6 is 0 Å². The zero-order valence-corrected chi connectivity index (χ0v) is 14.8. The Morgan fingerprint density at radius 2 is 2.15 bits per heavy atom. The maximum absolute atomic E-state index is 12.9. The molecule has 27 heavy (non-hydrogen) atoms. The lowest BCUT2D eigenvalue weighted by Gasteiger charge is -2.04. The largest absolute Gasteiger partial charge is 0.465 e. The number of methoxy groups -OCH3 is 2. The van der Waals surface area contributed by atoms with Gasteiger partial charge in [0.2, 0.25) is 0 Å². The lowest BCUT2D eigenvalue weighted by atomic mass is 10.2. The lowest BCUT2D eigenvalue weighted by molar-refractivity contribution is 0.0602. The van der Waals surface area contributed by atoms with Crippen LogP contribution in [-0.4, -0.2) is 54.5 Å². The van der Waals surface area contributed by atoms with E-state index in [1.54, 1.807) is 19.2 Å². The van der Waals surface area contributed by atoms with Crippen molar-refractivity contribution in [2.45, 2.75) is 13.5 Å². The molecule has 0 aliphatic carbocycles. The summed E-state index contributed by atoms with van der Waals surface area (Å²) in [5.74, 6) is 0.161. The number of nitrogens with one attached hydrogen (secondary N) is 1. The second-order valence-corrected chi connectivity index (χ2v) is 5.75. The highest BCUT2D eigenvalue weighted by atomic mass is 16.5. The molecule has 0 atom stereocenters. The van der Waals surface area contributed by atoms with Crippen LogP contribution in [0.15, 0.2) is 23.3 Å². The molecule has 0 fully saturated rings. The van der Waals surface area contributed by atoms with Crippen LogP contribution in [-0.2, 0) is 16.1 Å². The van der Waals surface area contributed by atoms with Gasteiger partial charge in [0.05, 0.1) is 23.7 Å². The van der Waals surface area contributed by atoms with Gasteiger partial charge >= 0.3 is 5.97 Å². The third-order valence-corrected chi connectivity index (χ3v) is 4.09. The minimum atomic E-state index is -0.533. The van der Waals surface area contributed by atoms with Crippen LogP contribution in [0.3, 0.4) is 0 Å². The number of hydrogen-bond acceptors (Lipinski definition) is 8. The summed E-state index contributed by atoms with van der Waals surface area (Å²) < 4.78 is 12.5. The number of H-pyrrole nitrogens is 1. The Kier molecular flexibility index (Phi) is 3.92. The van der Waals surface area contributed by atoms with Crippen LogP contribution in [0.4, 0.5) is 0 Å². The summed E-state index contributed by atoms with van der Waals surface area (Å²) in [6.07, 6.45) is 2.94. The van der Waals surface area contributed by atoms with Crippen molar-refractivity contribution < 1.29 is 14.3 Å². The van der Waals surface area contributed by atoms with Crippen molar-refractivity contribution in [3.05, 3.63) is 45.9 Å². The summed E-state index contributed by atoms with van der Waals surface area (Å²) in [5.41, 5.74) is 1.19. The number of aryl methyl sites for hydroxylation is 1. The highest BCUT2D eigenvalue weighted by molar-refractivity contribution is 5.98. The molecule has 0 saturated heterocycles. The van der Waals surface area contributed by atoms with Crippen LogP contribution in [0.1, 0.15) is 21.9 Å². The predicted octanol–water partition coefficient (Wildman–Crippen LogP) is 0.393. The van der Waals surface area contributed by atoms with Crippen LogP contribution in [0.25, 0.3) is 22.5 Å². The van der Waals surface area contributed by atoms with E-state index in [0.717, 1.165) is 0 Å². The van der Waals surface area contributed by atoms with Gasteiger partial charge in [-0.05, 0) is 13.0 Å². The van der Waals surface area contributed by atoms with E-state index in [1.807, 2.05) is 0 Å². The molecule has 11 nitrogen and oxygen atoms in total. The molecule has 138 valence electrons. The normalized spacial score (nSPS) is 11.4. The Morgan fingerprint density at radius 3 is 2.89 bits per heavy atom. The number of pyridine rings is 1. The molecule has 0 spiro atoms. The predicted molar refractivity (Wildman–Crippen MR) is 92.8 cm³/mol. The van der Waals surface area contributed by atoms with Crippen LogP contribution < -0.4 is 5.56 Å². The van der Waals surface area contributed by atoms with E-state index >= 15 is 0 Å². The molecular formula is C16H15N7O4. The number of fused-ring (bicyclic) bond motifs is 3. The van der Waals surface area contributed by atoms with Crippen LogP contribution in [0, 0.1) is 6.92 Å². The fraction of sp³-hybridized carbons (Fsp3) is 0.250. The van der Waals surface area contributed by atoms with Gasteiger partial charge in [0.1, 0.15) is 12.2 Å². The summed E-state index contributed by atoms with van der Waals surface area (Å²) in [4.78, 5) is 33.3. The Labute approximate surface area is 151 Å². The number of nitrogens with zero attached hydrogens (tertiary/aromatic N) is 6. The first-order valence-electron chi connectivity index (χ1n) is 7.93. The standard InChI is InChI=1S/C16H15N7O4/c1-8-12(15(25)27-3)13-17-6-9-10(23(13)21-8)4-5-22(14(9)24)16-18-11(7-26-2)19-20-16/h4-6H,7H2,1-3H3,(H,18,19,20). The number of esters is 1. The van der Waals surface area contributed by atoms with Crippen molar-refractivity contribution in [3.8, 4) is 5.95 Å². The highest BCUT2D eigenvalue weighted by Crippen LogP contribution is 2.19. The van der Waals surface area contributed by atoms with Crippen LogP contribution in [0.2, 0.25) is 0 Å². The zero-order valence-electron chi connectivity index (χ0n) is 14.8. The Hall–Kier alpha value is -3.60. The summed E-state index contributed by atoms with van der Waals surface area (Å²) >= 11 is 0. The molecule has 0 unspecified atom stereocenters. The third kappa shape index (κ3) is 2.56. The van der Waals surface area contributed by atoms with E-state index in [9.17, 15) is 9.59 Å². The first-order chi connectivity index (χ1) is 13.0. The van der Waals surface area contributed by atoms with E-state index < -0.39 is 5.97 Å². The maximum atomic E-state index is 12.9. The first-order valence-corrected chi connectivity index (χ1v) is 7.93. The van der Waals surface area contributed by atoms with Crippen molar-refractivity contribution in [1.82, 2.24) is 34.3 Å². The van der Waals surface area contributed by atoms with Gasteiger partial charge in [-0.15, -0.1) is 5.10 Å². The molecule has 4 aromatic rings. The molecule has 1 N–H and O–H groups in total. The molecular weight excluding hydrogens is 354 g/mol. The number of rotatable bonds is 4. The average molecular weight is 369 g/mol. The second kappa shape index (κ2) is 6.29. The Morgan fingerprint density at radius 1 is 1.33 bits per heavy atom. The summed E-state index contributed by atoms with van der Waals surface area (Å²) in [6, 6.07) is 1.69. The SMILES string of the molecule is COCc1nc(-n2ccc3c(cnc4c(C(=O)OC)c(C)nn43)c2=O)n[nH]1. The monoisotopic (exact) mass is 369 g/mol. The van der Waals surface area contributed by atoms with E-state index in [1.165, 1.54) is 29.5 Å². The zero-order chi connectivity index (χ0) is 19.1. The van der Waals surface area contributed by atoms with Gasteiger partial charge < -0.3 is 9.47 Å². The maximum Gasteiger partial charge on any atom is 0.343 e. The van der Waals surface area contributed by atoms with E-state index in [2.05, 4.69) is 25.3 Å². The number of aromatic amines is 1. The molecule has 0 saturated carbocycles. The van der Waals surface area contributed by atoms with Gasteiger partial charge in [0.25, 0.3) is 11.5 Å². The Balaban J connectivity index is 1.92. The van der Waals surface area contributed by atoms with E-state index in [0.29, 0.717) is 28.1 Å². The summed E-state index contributed by atoms with van der Waals surface area (Å²) in [5, 5.41) is 11.4. The molecule has 4 heterocycles. The van der Waals surface area contributed by atoms with Crippen molar-refractivity contribution in [2.24, 2.45) is 0 Å². The van der Waals surface area contributed by atoms with Gasteiger partial charge in [-0.25, -0.2) is 18.9 Å². The van der Waals surface area contributed by atoms with Gasteiger partial charge in [-0.3, -0.25) is 9.89 Å². The van der Waals surface area contributed by atoms with E-state index in [4.69, 9.17) is 9.47 Å². The smallest absolute Gasteiger partial charge is 0.343 e. The Bertz CT molecular complexity index is 1240. The molecule has 0 bridgehead atoms. The van der Waals surface area contributed by atoms with Crippen molar-refractivity contribution >= 4 is 22.5 Å². The summed E-state index contributed by atoms with van der Waals surface area (Å²) in [6.45, 7) is 1.93. The molecule has 0 amide bonds. The van der Waals surface area contributed by atoms with Crippen LogP contribution in [0.5, 0.6) is 0 Å². The second-order valence-electron chi connectivity index (χ2n) is 5.75. The molecule has 4 aromatic heterocycles. The number of ether oxygens (including phenoxy) is 2. The lowest BCUT2D eigenvalue weighted by Crippen LogP contribution is -2.20. The minimum absolute atomic E-state index is 0.195. The number of aromatic nitrogens is 7. The topological polar surface area (TPSA) is 129 Å². The fourth-order valence-electron chi connectivity index (χ4n) is 2.87. The van der Waals surface area contributed by atoms with Gasteiger partial charge in [-0.2, -0.15) is 10.1 Å². The summed E-state index contributed by atoms with van der Waals surface area (Å²) in [7, 11) is 2.83. The number of carbonyl (C=O) groups is 1. The minimum Gasteiger partial charge on any atom is -0.465 e. The van der Waals surface area contributed by atoms with Crippen molar-refractivity contribution in [3.63, 3.8) is 0 Å². The molecule has 0 aliphatic heterocycles. The van der Waals surface area contributed by atoms with Crippen molar-refractivity contribution in [1.29, 1.82) is 0 Å². The highest BCUT2D eigenvalue weighted by Gasteiger charge is 2.21. The van der Waals surface area contributed by atoms with Gasteiger partial charge in [-0.1, -0.05) is 0 Å². The van der Waals surface area contributed by atoms with Gasteiger partial charge in [0.15, 0.2) is 11.5 Å². The first kappa shape index (κ1) is 16.8. The third-order valence-electron chi connectivity index (χ3n) is 4.09. The van der Waals surface area contributed by atoms with Gasteiger partial charge in [0, 0.05) is 19.5 Å². The number of hydrogen-bond donors (Lipinski definition) is 1.